The summed E-state index contributed by atoms with van der Waals surface area (Å²) in [5.41, 5.74) is 0. The van der Waals surface area contributed by atoms with Crippen molar-refractivity contribution in [1.82, 2.24) is 4.90 Å². The van der Waals surface area contributed by atoms with Gasteiger partial charge in [0.25, 0.3) is 0 Å². The van der Waals surface area contributed by atoms with Crippen LogP contribution in [-0.2, 0) is 33.4 Å². The minimum absolute atomic E-state index is 0.00470. The smallest absolute Gasteiger partial charge is 0.306 e. The van der Waals surface area contributed by atoms with Crippen molar-refractivity contribution in [3.63, 3.8) is 0 Å². The molecule has 0 radical (unpaired) electrons. The van der Waals surface area contributed by atoms with Gasteiger partial charge in [-0.1, -0.05) is 98.3 Å². The maximum absolute atomic E-state index is 12.5. The molecule has 1 aliphatic rings. The summed E-state index contributed by atoms with van der Waals surface area (Å²) < 4.78 is 16.2. The number of carbonyl (C=O) groups is 4. The first-order valence-corrected chi connectivity index (χ1v) is 16.5. The topological polar surface area (TPSA) is 99.2 Å². The van der Waals surface area contributed by atoms with Crippen LogP contribution in [-0.4, -0.2) is 60.6 Å². The number of carbonyl (C=O) groups excluding carboxylic acids is 4. The molecule has 0 aromatic rings. The third kappa shape index (κ3) is 20.4. The lowest BCUT2D eigenvalue weighted by Crippen LogP contribution is -2.58. The zero-order chi connectivity index (χ0) is 30.9. The van der Waals surface area contributed by atoms with Gasteiger partial charge in [-0.3, -0.25) is 19.2 Å². The summed E-state index contributed by atoms with van der Waals surface area (Å²) in [6.07, 6.45) is 15.4. The summed E-state index contributed by atoms with van der Waals surface area (Å²) in [5.74, 6) is -1.70. The van der Waals surface area contributed by atoms with E-state index in [4.69, 9.17) is 14.2 Å². The van der Waals surface area contributed by atoms with E-state index in [1.54, 1.807) is 4.90 Å². The van der Waals surface area contributed by atoms with Gasteiger partial charge in [-0.2, -0.15) is 0 Å². The number of hydrogen-bond donors (Lipinski definition) is 0. The van der Waals surface area contributed by atoms with E-state index in [0.717, 1.165) is 44.9 Å². The Kier molecular flexibility index (Phi) is 24.3. The lowest BCUT2D eigenvalue weighted by Gasteiger charge is -2.46. The summed E-state index contributed by atoms with van der Waals surface area (Å²) >= 11 is 0. The standard InChI is InChI=1S/C30H53NO7.C3H8/c1-5-7-9-11-13-15-17-28(33)37-22-26(20-29(34)36-18-16-14-12-10-8-6-2)21-30(35)38-23-27-19-24(3)31(27)25(4)32;1-3-2/h24,26-27H,5-23H2,1-4H3;3H2,1-2H3. The molecular weight excluding hydrogens is 522 g/mol. The molecule has 1 fully saturated rings. The molecule has 0 bridgehead atoms. The highest BCUT2D eigenvalue weighted by Crippen LogP contribution is 2.26. The number of hydrogen-bond acceptors (Lipinski definition) is 7. The van der Waals surface area contributed by atoms with E-state index in [1.807, 2.05) is 6.92 Å². The second-order valence-electron chi connectivity index (χ2n) is 11.5. The van der Waals surface area contributed by atoms with Gasteiger partial charge in [0.15, 0.2) is 0 Å². The Balaban J connectivity index is 0.00000509. The second-order valence-corrected chi connectivity index (χ2v) is 11.5. The van der Waals surface area contributed by atoms with Crippen molar-refractivity contribution in [2.75, 3.05) is 19.8 Å². The van der Waals surface area contributed by atoms with Gasteiger partial charge in [-0.25, -0.2) is 0 Å². The highest BCUT2D eigenvalue weighted by atomic mass is 16.5. The number of likely N-dealkylation sites (tertiary alicyclic amines) is 1. The molecule has 1 saturated heterocycles. The molecule has 240 valence electrons. The van der Waals surface area contributed by atoms with Gasteiger partial charge in [-0.05, 0) is 26.2 Å². The molecular formula is C33H61NO7. The SMILES string of the molecule is CCC.CCCCCCCCOC(=O)CC(COC(=O)CCCCCCCC)CC(=O)OCC1CC(C)N1C(C)=O. The van der Waals surface area contributed by atoms with Crippen molar-refractivity contribution >= 4 is 23.8 Å². The molecule has 0 aromatic carbocycles. The minimum Gasteiger partial charge on any atom is -0.466 e. The van der Waals surface area contributed by atoms with Gasteiger partial charge < -0.3 is 19.1 Å². The van der Waals surface area contributed by atoms with Crippen molar-refractivity contribution in [3.05, 3.63) is 0 Å². The van der Waals surface area contributed by atoms with Gasteiger partial charge in [0.05, 0.1) is 32.1 Å². The van der Waals surface area contributed by atoms with Crippen molar-refractivity contribution < 1.29 is 33.4 Å². The molecule has 1 amide bonds. The third-order valence-electron chi connectivity index (χ3n) is 7.17. The fourth-order valence-corrected chi connectivity index (χ4v) is 4.93. The molecule has 1 aliphatic heterocycles. The van der Waals surface area contributed by atoms with E-state index in [-0.39, 0.29) is 56.0 Å². The zero-order valence-corrected chi connectivity index (χ0v) is 27.2. The number of esters is 3. The Labute approximate surface area is 250 Å². The average Bonchev–Trinajstić information content (AvgIpc) is 2.91. The molecule has 0 aliphatic carbocycles. The van der Waals surface area contributed by atoms with Gasteiger partial charge in [0.2, 0.25) is 5.91 Å². The maximum atomic E-state index is 12.5. The number of nitrogens with zero attached hydrogens (tertiary/aromatic N) is 1. The van der Waals surface area contributed by atoms with Crippen LogP contribution >= 0.6 is 0 Å². The van der Waals surface area contributed by atoms with E-state index < -0.39 is 11.9 Å². The maximum Gasteiger partial charge on any atom is 0.306 e. The highest BCUT2D eigenvalue weighted by Gasteiger charge is 2.37. The van der Waals surface area contributed by atoms with Crippen LogP contribution in [0.2, 0.25) is 0 Å². The first-order chi connectivity index (χ1) is 19.7. The largest absolute Gasteiger partial charge is 0.466 e. The monoisotopic (exact) mass is 583 g/mol. The van der Waals surface area contributed by atoms with Crippen LogP contribution in [0.3, 0.4) is 0 Å². The van der Waals surface area contributed by atoms with Gasteiger partial charge in [0.1, 0.15) is 6.61 Å². The first kappa shape index (κ1) is 38.9. The summed E-state index contributed by atoms with van der Waals surface area (Å²) in [6.45, 7) is 12.5. The van der Waals surface area contributed by atoms with E-state index in [9.17, 15) is 19.2 Å². The summed E-state index contributed by atoms with van der Waals surface area (Å²) in [6, 6.07) is 0.0405. The number of amides is 1. The molecule has 0 aromatic heterocycles. The highest BCUT2D eigenvalue weighted by molar-refractivity contribution is 5.75. The van der Waals surface area contributed by atoms with E-state index >= 15 is 0 Å². The Morgan fingerprint density at radius 1 is 0.707 bits per heavy atom. The zero-order valence-electron chi connectivity index (χ0n) is 27.2. The average molecular weight is 584 g/mol. The Hall–Kier alpha value is -2.12. The van der Waals surface area contributed by atoms with E-state index in [0.29, 0.717) is 13.0 Å². The van der Waals surface area contributed by atoms with Crippen LogP contribution in [0.25, 0.3) is 0 Å². The van der Waals surface area contributed by atoms with Gasteiger partial charge in [0, 0.05) is 25.3 Å². The predicted molar refractivity (Wildman–Crippen MR) is 163 cm³/mol. The molecule has 3 unspecified atom stereocenters. The number of ether oxygens (including phenoxy) is 3. The first-order valence-electron chi connectivity index (χ1n) is 16.5. The predicted octanol–water partition coefficient (Wildman–Crippen LogP) is 7.55. The van der Waals surface area contributed by atoms with E-state index in [1.165, 1.54) is 51.9 Å². The Bertz CT molecular complexity index is 712. The van der Waals surface area contributed by atoms with Crippen LogP contribution in [0.5, 0.6) is 0 Å². The number of unbranched alkanes of at least 4 members (excludes halogenated alkanes) is 10. The van der Waals surface area contributed by atoms with Crippen molar-refractivity contribution in [3.8, 4) is 0 Å². The molecule has 0 N–H and O–H groups in total. The molecule has 0 spiro atoms. The fraction of sp³-hybridized carbons (Fsp3) is 0.879. The molecule has 8 nitrogen and oxygen atoms in total. The van der Waals surface area contributed by atoms with Crippen LogP contribution in [0.4, 0.5) is 0 Å². The van der Waals surface area contributed by atoms with Crippen LogP contribution in [0.15, 0.2) is 0 Å². The van der Waals surface area contributed by atoms with Gasteiger partial charge in [-0.15, -0.1) is 0 Å². The van der Waals surface area contributed by atoms with Crippen LogP contribution < -0.4 is 0 Å². The van der Waals surface area contributed by atoms with Crippen molar-refractivity contribution in [1.29, 1.82) is 0 Å². The molecule has 3 atom stereocenters. The molecule has 1 heterocycles. The van der Waals surface area contributed by atoms with Crippen LogP contribution in [0.1, 0.15) is 151 Å². The molecule has 0 saturated carbocycles. The normalized spacial score (nSPS) is 16.6. The van der Waals surface area contributed by atoms with Crippen molar-refractivity contribution in [2.45, 2.75) is 163 Å². The Morgan fingerprint density at radius 3 is 1.76 bits per heavy atom. The number of rotatable bonds is 22. The lowest BCUT2D eigenvalue weighted by atomic mass is 9.95. The summed E-state index contributed by atoms with van der Waals surface area (Å²) in [4.78, 5) is 50.7. The Morgan fingerprint density at radius 2 is 1.22 bits per heavy atom. The fourth-order valence-electron chi connectivity index (χ4n) is 4.93. The molecule has 41 heavy (non-hydrogen) atoms. The third-order valence-corrected chi connectivity index (χ3v) is 7.17. The van der Waals surface area contributed by atoms with Crippen molar-refractivity contribution in [2.24, 2.45) is 5.92 Å². The van der Waals surface area contributed by atoms with Crippen LogP contribution in [0, 0.1) is 5.92 Å². The minimum atomic E-state index is -0.503. The molecule has 1 rings (SSSR count). The molecule has 8 heteroatoms. The summed E-state index contributed by atoms with van der Waals surface area (Å²) in [7, 11) is 0. The summed E-state index contributed by atoms with van der Waals surface area (Å²) in [5, 5.41) is 0. The van der Waals surface area contributed by atoms with E-state index in [2.05, 4.69) is 27.7 Å². The lowest BCUT2D eigenvalue weighted by molar-refractivity contribution is -0.158. The van der Waals surface area contributed by atoms with Gasteiger partial charge >= 0.3 is 17.9 Å². The second kappa shape index (κ2) is 25.6. The quantitative estimate of drug-likeness (QED) is 0.0737.